The molecule has 6 heteroatoms. The summed E-state index contributed by atoms with van der Waals surface area (Å²) in [6, 6.07) is 25.2. The number of nitrogens with one attached hydrogen (secondary N) is 1. The Labute approximate surface area is 229 Å². The first-order valence-electron chi connectivity index (χ1n) is 13.1. The highest BCUT2D eigenvalue weighted by molar-refractivity contribution is 8.00. The number of nitrogens with zero attached hydrogens (tertiary/aromatic N) is 1. The third-order valence-corrected chi connectivity index (χ3v) is 8.12. The Morgan fingerprint density at radius 3 is 2.27 bits per heavy atom. The van der Waals surface area contributed by atoms with Gasteiger partial charge in [-0.2, -0.15) is 0 Å². The van der Waals surface area contributed by atoms with Crippen LogP contribution >= 0.6 is 23.4 Å². The molecule has 1 fully saturated rings. The van der Waals surface area contributed by atoms with E-state index in [-0.39, 0.29) is 23.6 Å². The quantitative estimate of drug-likeness (QED) is 0.290. The van der Waals surface area contributed by atoms with Gasteiger partial charge in [0, 0.05) is 28.9 Å². The Kier molecular flexibility index (Phi) is 10.1. The molecule has 0 aromatic heterocycles. The Balaban J connectivity index is 1.59. The fourth-order valence-corrected chi connectivity index (χ4v) is 5.66. The number of carbonyl (C=O) groups is 2. The summed E-state index contributed by atoms with van der Waals surface area (Å²) in [5, 5.41) is 3.96. The Hall–Kier alpha value is -2.76. The lowest BCUT2D eigenvalue weighted by atomic mass is 9.94. The van der Waals surface area contributed by atoms with Crippen LogP contribution in [0.1, 0.15) is 48.8 Å². The van der Waals surface area contributed by atoms with Crippen LogP contribution in [0.3, 0.4) is 0 Å². The van der Waals surface area contributed by atoms with Gasteiger partial charge in [-0.05, 0) is 55.2 Å². The number of rotatable bonds is 10. The second kappa shape index (κ2) is 13.7. The standard InChI is InChI=1S/C31H35ClN2O2S/c1-23-12-14-25(15-13-23)21-34(30(35)22-37-28-18-16-26(32)17-19-28)29(20-24-8-4-2-5-9-24)31(36)33-27-10-6-3-7-11-27/h2,4-5,8-9,12-19,27,29H,3,6-7,10-11,20-22H2,1H3,(H,33,36)/t29-/m1/s1. The van der Waals surface area contributed by atoms with E-state index in [0.29, 0.717) is 18.0 Å². The van der Waals surface area contributed by atoms with Crippen molar-refractivity contribution >= 4 is 35.2 Å². The van der Waals surface area contributed by atoms with Crippen LogP contribution in [-0.4, -0.2) is 34.6 Å². The SMILES string of the molecule is Cc1ccc(CN(C(=O)CSc2ccc(Cl)cc2)[C@H](Cc2ccccc2)C(=O)NC2CCCCC2)cc1. The highest BCUT2D eigenvalue weighted by Crippen LogP contribution is 2.24. The van der Waals surface area contributed by atoms with Crippen LogP contribution < -0.4 is 5.32 Å². The van der Waals surface area contributed by atoms with E-state index in [1.807, 2.05) is 73.7 Å². The van der Waals surface area contributed by atoms with Crippen molar-refractivity contribution in [2.45, 2.75) is 69.0 Å². The molecular weight excluding hydrogens is 500 g/mol. The third-order valence-electron chi connectivity index (χ3n) is 6.87. The summed E-state index contributed by atoms with van der Waals surface area (Å²) in [6.07, 6.45) is 5.97. The average molecular weight is 535 g/mol. The van der Waals surface area contributed by atoms with Crippen LogP contribution in [-0.2, 0) is 22.6 Å². The first kappa shape index (κ1) is 27.3. The molecule has 0 saturated heterocycles. The second-order valence-corrected chi connectivity index (χ2v) is 11.3. The van der Waals surface area contributed by atoms with Crippen molar-refractivity contribution in [2.24, 2.45) is 0 Å². The maximum atomic E-state index is 13.8. The van der Waals surface area contributed by atoms with Crippen LogP contribution in [0.15, 0.2) is 83.8 Å². The molecule has 0 spiro atoms. The summed E-state index contributed by atoms with van der Waals surface area (Å²) in [7, 11) is 0. The lowest BCUT2D eigenvalue weighted by Crippen LogP contribution is -2.53. The monoisotopic (exact) mass is 534 g/mol. The molecule has 0 bridgehead atoms. The molecule has 3 aromatic carbocycles. The van der Waals surface area contributed by atoms with E-state index in [0.717, 1.165) is 47.3 Å². The van der Waals surface area contributed by atoms with Crippen molar-refractivity contribution in [1.82, 2.24) is 10.2 Å². The minimum absolute atomic E-state index is 0.0553. The molecule has 2 amide bonds. The Morgan fingerprint density at radius 2 is 1.59 bits per heavy atom. The number of hydrogen-bond acceptors (Lipinski definition) is 3. The molecule has 3 aromatic rings. The normalized spacial score (nSPS) is 14.6. The zero-order valence-corrected chi connectivity index (χ0v) is 22.9. The van der Waals surface area contributed by atoms with Gasteiger partial charge in [0.2, 0.25) is 11.8 Å². The van der Waals surface area contributed by atoms with Crippen LogP contribution in [0.5, 0.6) is 0 Å². The number of benzene rings is 3. The highest BCUT2D eigenvalue weighted by atomic mass is 35.5. The van der Waals surface area contributed by atoms with E-state index in [4.69, 9.17) is 11.6 Å². The summed E-state index contributed by atoms with van der Waals surface area (Å²) < 4.78 is 0. The van der Waals surface area contributed by atoms with Crippen molar-refractivity contribution in [2.75, 3.05) is 5.75 Å². The summed E-state index contributed by atoms with van der Waals surface area (Å²) in [4.78, 5) is 30.3. The van der Waals surface area contributed by atoms with E-state index in [2.05, 4.69) is 17.4 Å². The van der Waals surface area contributed by atoms with Crippen molar-refractivity contribution in [1.29, 1.82) is 0 Å². The molecule has 4 rings (SSSR count). The number of carbonyl (C=O) groups excluding carboxylic acids is 2. The number of halogens is 1. The van der Waals surface area contributed by atoms with Crippen molar-refractivity contribution in [3.05, 3.63) is 101 Å². The molecule has 4 nitrogen and oxygen atoms in total. The lowest BCUT2D eigenvalue weighted by molar-refractivity contribution is -0.139. The van der Waals surface area contributed by atoms with Gasteiger partial charge >= 0.3 is 0 Å². The zero-order valence-electron chi connectivity index (χ0n) is 21.4. The Morgan fingerprint density at radius 1 is 0.919 bits per heavy atom. The number of hydrogen-bond donors (Lipinski definition) is 1. The zero-order chi connectivity index (χ0) is 26.0. The molecule has 1 saturated carbocycles. The van der Waals surface area contributed by atoms with E-state index < -0.39 is 6.04 Å². The van der Waals surface area contributed by atoms with Gasteiger partial charge < -0.3 is 10.2 Å². The molecule has 194 valence electrons. The average Bonchev–Trinajstić information content (AvgIpc) is 2.92. The van der Waals surface area contributed by atoms with Crippen molar-refractivity contribution < 1.29 is 9.59 Å². The maximum Gasteiger partial charge on any atom is 0.243 e. The van der Waals surface area contributed by atoms with Gasteiger partial charge in [-0.1, -0.05) is 91.0 Å². The summed E-state index contributed by atoms with van der Waals surface area (Å²) in [5.41, 5.74) is 3.22. The van der Waals surface area contributed by atoms with Gasteiger partial charge in [0.25, 0.3) is 0 Å². The van der Waals surface area contributed by atoms with Crippen molar-refractivity contribution in [3.8, 4) is 0 Å². The van der Waals surface area contributed by atoms with Gasteiger partial charge in [-0.25, -0.2) is 0 Å². The molecule has 0 aliphatic heterocycles. The van der Waals surface area contributed by atoms with Gasteiger partial charge in [0.05, 0.1) is 5.75 Å². The van der Waals surface area contributed by atoms with E-state index in [9.17, 15) is 9.59 Å². The molecule has 0 unspecified atom stereocenters. The molecule has 0 heterocycles. The minimum atomic E-state index is -0.594. The summed E-state index contributed by atoms with van der Waals surface area (Å²) in [5.74, 6) is 0.128. The molecule has 1 aliphatic rings. The van der Waals surface area contributed by atoms with Gasteiger partial charge in [-0.3, -0.25) is 9.59 Å². The first-order chi connectivity index (χ1) is 18.0. The van der Waals surface area contributed by atoms with Gasteiger partial charge in [-0.15, -0.1) is 11.8 Å². The predicted octanol–water partition coefficient (Wildman–Crippen LogP) is 6.83. The second-order valence-electron chi connectivity index (χ2n) is 9.80. The van der Waals surface area contributed by atoms with E-state index in [1.165, 1.54) is 18.2 Å². The van der Waals surface area contributed by atoms with E-state index in [1.54, 1.807) is 4.90 Å². The smallest absolute Gasteiger partial charge is 0.243 e. The number of aryl methyl sites for hydroxylation is 1. The molecule has 1 aliphatic carbocycles. The van der Waals surface area contributed by atoms with Crippen molar-refractivity contribution in [3.63, 3.8) is 0 Å². The van der Waals surface area contributed by atoms with Crippen LogP contribution in [0.25, 0.3) is 0 Å². The molecule has 37 heavy (non-hydrogen) atoms. The van der Waals surface area contributed by atoms with E-state index >= 15 is 0 Å². The van der Waals surface area contributed by atoms with Crippen LogP contribution in [0.4, 0.5) is 0 Å². The van der Waals surface area contributed by atoms with Crippen LogP contribution in [0, 0.1) is 6.92 Å². The Bertz CT molecular complexity index is 1150. The lowest BCUT2D eigenvalue weighted by Gasteiger charge is -2.33. The largest absolute Gasteiger partial charge is 0.352 e. The minimum Gasteiger partial charge on any atom is -0.352 e. The van der Waals surface area contributed by atoms with Gasteiger partial charge in [0.15, 0.2) is 0 Å². The van der Waals surface area contributed by atoms with Crippen LogP contribution in [0.2, 0.25) is 5.02 Å². The number of thioether (sulfide) groups is 1. The first-order valence-corrected chi connectivity index (χ1v) is 14.4. The highest BCUT2D eigenvalue weighted by Gasteiger charge is 2.31. The maximum absolute atomic E-state index is 13.8. The summed E-state index contributed by atoms with van der Waals surface area (Å²) in [6.45, 7) is 2.43. The fraction of sp³-hybridized carbons (Fsp3) is 0.355. The molecular formula is C31H35ClN2O2S. The van der Waals surface area contributed by atoms with Gasteiger partial charge in [0.1, 0.15) is 6.04 Å². The predicted molar refractivity (Wildman–Crippen MR) is 153 cm³/mol. The molecule has 1 N–H and O–H groups in total. The fourth-order valence-electron chi connectivity index (χ4n) is 4.75. The summed E-state index contributed by atoms with van der Waals surface area (Å²) >= 11 is 7.50. The number of amides is 2. The topological polar surface area (TPSA) is 49.4 Å². The molecule has 1 atom stereocenters. The third kappa shape index (κ3) is 8.37. The molecule has 0 radical (unpaired) electrons.